The van der Waals surface area contributed by atoms with Gasteiger partial charge in [0.25, 0.3) is 0 Å². The fourth-order valence-electron chi connectivity index (χ4n) is 0.205. The van der Waals surface area contributed by atoms with Crippen LogP contribution >= 0.6 is 0 Å². The molecule has 0 N–H and O–H groups in total. The number of hydrogen-bond donors (Lipinski definition) is 0. The van der Waals surface area contributed by atoms with Crippen LogP contribution in [0.5, 0.6) is 0 Å². The summed E-state index contributed by atoms with van der Waals surface area (Å²) in [5, 5.41) is 10.1. The summed E-state index contributed by atoms with van der Waals surface area (Å²) in [4.78, 5) is 0. The molecule has 0 aromatic carbocycles. The van der Waals surface area contributed by atoms with E-state index in [-0.39, 0.29) is 29.6 Å². The minimum atomic E-state index is 0. The molecule has 0 aliphatic carbocycles. The number of nitrogens with zero attached hydrogens (tertiary/aromatic N) is 3. The van der Waals surface area contributed by atoms with Crippen molar-refractivity contribution in [2.24, 2.45) is 0 Å². The fraction of sp³-hybridized carbons (Fsp3) is 0. The van der Waals surface area contributed by atoms with E-state index in [4.69, 9.17) is 0 Å². The molecule has 0 bridgehead atoms. The van der Waals surface area contributed by atoms with E-state index in [1.165, 1.54) is 0 Å². The van der Waals surface area contributed by atoms with Gasteiger partial charge in [0.1, 0.15) is 0 Å². The molecular formula is C3H4N3Na. The normalized spacial score (nSPS) is 6.86. The van der Waals surface area contributed by atoms with Gasteiger partial charge in [-0.1, -0.05) is 0 Å². The minimum Gasteiger partial charge on any atom is -0.139 e. The number of rotatable bonds is 0. The summed E-state index contributed by atoms with van der Waals surface area (Å²) in [5.74, 6) is 0. The van der Waals surface area contributed by atoms with Crippen LogP contribution < -0.4 is 0 Å². The molecule has 0 saturated heterocycles. The monoisotopic (exact) mass is 105 g/mol. The van der Waals surface area contributed by atoms with E-state index < -0.39 is 0 Å². The van der Waals surface area contributed by atoms with Crippen LogP contribution in [0, 0.1) is 0 Å². The summed E-state index contributed by atoms with van der Waals surface area (Å²) in [6.07, 6.45) is 3.15. The summed E-state index contributed by atoms with van der Waals surface area (Å²) in [6, 6.07) is 1.72. The maximum Gasteiger partial charge on any atom is 0.0529 e. The van der Waals surface area contributed by atoms with Gasteiger partial charge in [-0.25, -0.2) is 0 Å². The van der Waals surface area contributed by atoms with Crippen molar-refractivity contribution in [3.63, 3.8) is 0 Å². The smallest absolute Gasteiger partial charge is 0.0529 e. The van der Waals surface area contributed by atoms with Crippen LogP contribution in [0.3, 0.4) is 0 Å². The SMILES string of the molecule is [NaH].c1cnnnc1. The molecule has 1 rings (SSSR count). The fourth-order valence-corrected chi connectivity index (χ4v) is 0.205. The van der Waals surface area contributed by atoms with Crippen molar-refractivity contribution in [3.05, 3.63) is 18.5 Å². The number of aromatic nitrogens is 3. The Kier molecular flexibility index (Phi) is 4.18. The van der Waals surface area contributed by atoms with Crippen molar-refractivity contribution in [1.82, 2.24) is 15.4 Å². The van der Waals surface area contributed by atoms with E-state index >= 15 is 0 Å². The van der Waals surface area contributed by atoms with Gasteiger partial charge in [0.2, 0.25) is 0 Å². The van der Waals surface area contributed by atoms with Crippen LogP contribution in [0.25, 0.3) is 0 Å². The minimum absolute atomic E-state index is 0. The first kappa shape index (κ1) is 7.01. The van der Waals surface area contributed by atoms with Gasteiger partial charge in [-0.2, -0.15) is 0 Å². The second-order valence-corrected chi connectivity index (χ2v) is 0.811. The zero-order chi connectivity index (χ0) is 4.24. The van der Waals surface area contributed by atoms with Crippen LogP contribution in [-0.2, 0) is 0 Å². The van der Waals surface area contributed by atoms with E-state index in [1.807, 2.05) is 0 Å². The van der Waals surface area contributed by atoms with Gasteiger partial charge in [0.05, 0.1) is 12.4 Å². The van der Waals surface area contributed by atoms with Crippen molar-refractivity contribution >= 4 is 29.6 Å². The Balaban J connectivity index is 0.000000360. The molecule has 0 unspecified atom stereocenters. The van der Waals surface area contributed by atoms with E-state index in [0.717, 1.165) is 0 Å². The summed E-state index contributed by atoms with van der Waals surface area (Å²) in [6.45, 7) is 0. The first-order valence-electron chi connectivity index (χ1n) is 1.58. The van der Waals surface area contributed by atoms with Gasteiger partial charge in [-0.05, 0) is 11.3 Å². The molecule has 1 aromatic heterocycles. The summed E-state index contributed by atoms with van der Waals surface area (Å²) < 4.78 is 0. The molecule has 0 aliphatic rings. The summed E-state index contributed by atoms with van der Waals surface area (Å²) in [5.41, 5.74) is 0. The van der Waals surface area contributed by atoms with Gasteiger partial charge in [0, 0.05) is 0 Å². The molecule has 0 atom stereocenters. The first-order valence-corrected chi connectivity index (χ1v) is 1.58. The van der Waals surface area contributed by atoms with Crippen molar-refractivity contribution in [1.29, 1.82) is 0 Å². The standard InChI is InChI=1S/C3H3N3.Na.H/c1-2-4-6-5-3-1;;/h1-3H;;. The van der Waals surface area contributed by atoms with Gasteiger partial charge in [-0.3, -0.25) is 0 Å². The van der Waals surface area contributed by atoms with Crippen LogP contribution in [-0.4, -0.2) is 45.0 Å². The molecule has 0 fully saturated rings. The van der Waals surface area contributed by atoms with E-state index in [0.29, 0.717) is 0 Å². The van der Waals surface area contributed by atoms with Crippen LogP contribution in [0.2, 0.25) is 0 Å². The molecule has 4 heteroatoms. The van der Waals surface area contributed by atoms with Crippen molar-refractivity contribution in [3.8, 4) is 0 Å². The largest absolute Gasteiger partial charge is 0.139 e. The predicted molar refractivity (Wildman–Crippen MR) is 27.0 cm³/mol. The molecular weight excluding hydrogens is 101 g/mol. The van der Waals surface area contributed by atoms with Crippen molar-refractivity contribution in [2.75, 3.05) is 0 Å². The second kappa shape index (κ2) is 4.18. The van der Waals surface area contributed by atoms with E-state index in [9.17, 15) is 0 Å². The summed E-state index contributed by atoms with van der Waals surface area (Å²) in [7, 11) is 0. The topological polar surface area (TPSA) is 38.7 Å². The number of hydrogen-bond acceptors (Lipinski definition) is 3. The maximum absolute atomic E-state index is 3.42. The first-order chi connectivity index (χ1) is 3.00. The molecule has 3 nitrogen and oxygen atoms in total. The van der Waals surface area contributed by atoms with Gasteiger partial charge in [-0.15, -0.1) is 10.2 Å². The van der Waals surface area contributed by atoms with Gasteiger partial charge in [0.15, 0.2) is 0 Å². The van der Waals surface area contributed by atoms with Crippen LogP contribution in [0.1, 0.15) is 0 Å². The van der Waals surface area contributed by atoms with Crippen LogP contribution in [0.15, 0.2) is 18.5 Å². The maximum atomic E-state index is 3.42. The Hall–Kier alpha value is 0.0100. The van der Waals surface area contributed by atoms with E-state index in [2.05, 4.69) is 15.4 Å². The Bertz CT molecular complexity index is 82.1. The Morgan fingerprint density at radius 1 is 1.00 bits per heavy atom. The van der Waals surface area contributed by atoms with Gasteiger partial charge >= 0.3 is 29.6 Å². The molecule has 32 valence electrons. The van der Waals surface area contributed by atoms with Crippen LogP contribution in [0.4, 0.5) is 0 Å². The third kappa shape index (κ3) is 2.68. The zero-order valence-corrected chi connectivity index (χ0v) is 3.07. The molecule has 1 aromatic rings. The van der Waals surface area contributed by atoms with E-state index in [1.54, 1.807) is 18.5 Å². The molecule has 0 aliphatic heterocycles. The molecule has 0 radical (unpaired) electrons. The Morgan fingerprint density at radius 2 is 1.57 bits per heavy atom. The van der Waals surface area contributed by atoms with Crippen molar-refractivity contribution in [2.45, 2.75) is 0 Å². The molecule has 0 spiro atoms. The molecule has 1 heterocycles. The average molecular weight is 105 g/mol. The van der Waals surface area contributed by atoms with Crippen molar-refractivity contribution < 1.29 is 0 Å². The second-order valence-electron chi connectivity index (χ2n) is 0.811. The molecule has 0 amide bonds. The quantitative estimate of drug-likeness (QED) is 0.406. The predicted octanol–water partition coefficient (Wildman–Crippen LogP) is -0.777. The third-order valence-corrected chi connectivity index (χ3v) is 0.409. The summed E-state index contributed by atoms with van der Waals surface area (Å²) >= 11 is 0. The zero-order valence-electron chi connectivity index (χ0n) is 3.07. The Labute approximate surface area is 63.4 Å². The Morgan fingerprint density at radius 3 is 1.71 bits per heavy atom. The third-order valence-electron chi connectivity index (χ3n) is 0.409. The molecule has 7 heavy (non-hydrogen) atoms. The van der Waals surface area contributed by atoms with Gasteiger partial charge < -0.3 is 0 Å². The average Bonchev–Trinajstić information content (AvgIpc) is 1.72. The molecule has 0 saturated carbocycles.